The van der Waals surface area contributed by atoms with Gasteiger partial charge in [0.15, 0.2) is 0 Å². The summed E-state index contributed by atoms with van der Waals surface area (Å²) in [4.78, 5) is 271. The van der Waals surface area contributed by atoms with Crippen molar-refractivity contribution in [1.82, 2.24) is 106 Å². The Bertz CT molecular complexity index is 3380. The Morgan fingerprint density at radius 1 is 0.208 bits per heavy atom. The van der Waals surface area contributed by atoms with Crippen molar-refractivity contribution in [2.75, 3.05) is 105 Å². The molecular weight excluding hydrogens is 1570 g/mol. The molecule has 0 aliphatic heterocycles. The van der Waals surface area contributed by atoms with Crippen LogP contribution in [-0.2, 0) is 101 Å². The molecule has 0 aromatic heterocycles. The number of amides is 21. The van der Waals surface area contributed by atoms with Crippen LogP contribution in [0, 0.1) is 23.7 Å². The first-order valence-corrected chi connectivity index (χ1v) is 40.3. The monoisotopic (exact) mass is 1710 g/mol. The minimum atomic E-state index is -1.26. The lowest BCUT2D eigenvalue weighted by Gasteiger charge is -2.22. The molecule has 0 aliphatic carbocycles. The summed E-state index contributed by atoms with van der Waals surface area (Å²) in [5, 5.41) is 48.4. The molecule has 0 spiro atoms. The topological polar surface area (TPSA) is 729 Å². The average molecular weight is 1710 g/mol. The summed E-state index contributed by atoms with van der Waals surface area (Å²) >= 11 is 0. The lowest BCUT2D eigenvalue weighted by atomic mass is 10.0. The van der Waals surface area contributed by atoms with Crippen molar-refractivity contribution < 1.29 is 101 Å². The van der Waals surface area contributed by atoms with Gasteiger partial charge in [-0.15, -0.1) is 0 Å². The number of primary amides is 1. The zero-order valence-corrected chi connectivity index (χ0v) is 70.5. The van der Waals surface area contributed by atoms with Gasteiger partial charge in [0.1, 0.15) is 48.3 Å². The fraction of sp³-hybridized carbons (Fsp3) is 0.716. The zero-order valence-electron chi connectivity index (χ0n) is 70.5. The SMILES string of the molecule is CC(=O)NCC(=O)N[C@@H](CCCCN)C(=O)NCC(=O)N[C@@H](CC(C)C)C(=O)NCC(=O)NCC(=O)N[C@@H](CCCCN)C(=O)NCC(=O)N[C@@H](CC(C)C)C(=O)NCC(=O)NCC(=O)N[C@@H](CCCCN)C(=O)NCC(=O)N[C@@H](CC(C)C)C(=O)NCC(=O)NCC(=O)N[C@@H](CCCCN)C(=O)NCC(=O)N[C@@H](CC(C)C)C(=O)NCC(N)=O. The predicted molar refractivity (Wildman–Crippen MR) is 436 cm³/mol. The summed E-state index contributed by atoms with van der Waals surface area (Å²) in [5.41, 5.74) is 27.6. The highest BCUT2D eigenvalue weighted by Gasteiger charge is 2.32. The molecule has 0 bridgehead atoms. The number of unbranched alkanes of at least 4 members (excludes halogenated alkanes) is 4. The first-order chi connectivity index (χ1) is 56.6. The third-order valence-electron chi connectivity index (χ3n) is 17.1. The second-order valence-electron chi connectivity index (χ2n) is 30.1. The van der Waals surface area contributed by atoms with E-state index in [0.29, 0.717) is 57.9 Å². The minimum absolute atomic E-state index is 0.0301. The van der Waals surface area contributed by atoms with Gasteiger partial charge < -0.3 is 135 Å². The third-order valence-corrected chi connectivity index (χ3v) is 17.1. The first kappa shape index (κ1) is 109. The van der Waals surface area contributed by atoms with Gasteiger partial charge in [-0.2, -0.15) is 0 Å². The highest BCUT2D eigenvalue weighted by atomic mass is 16.2. The molecule has 0 saturated heterocycles. The molecule has 0 aliphatic rings. The van der Waals surface area contributed by atoms with Crippen molar-refractivity contribution in [3.05, 3.63) is 0 Å². The van der Waals surface area contributed by atoms with E-state index in [1.54, 1.807) is 55.4 Å². The molecule has 0 radical (unpaired) electrons. The minimum Gasteiger partial charge on any atom is -0.368 e. The number of hydrogen-bond donors (Lipinski definition) is 25. The number of nitrogens with one attached hydrogen (secondary N) is 20. The maximum Gasteiger partial charge on any atom is 0.243 e. The number of carbonyl (C=O) groups is 21. The van der Waals surface area contributed by atoms with Gasteiger partial charge in [0.05, 0.1) is 78.5 Å². The van der Waals surface area contributed by atoms with Gasteiger partial charge in [-0.1, -0.05) is 55.4 Å². The number of carbonyl (C=O) groups excluding carboxylic acids is 21. The Balaban J connectivity index is 5.57. The van der Waals surface area contributed by atoms with E-state index >= 15 is 0 Å². The van der Waals surface area contributed by atoms with Crippen LogP contribution < -0.4 is 135 Å². The standard InChI is InChI=1S/C74H133N25O21/c1-42(2)26-51(71(117)84-30-55(79)101)96-63(109)38-89-68(114)48(19-11-15-23-76)93-60(106)35-81-57(103)32-86-73(119)53(28-44(5)6)98-65(111)40-91-70(116)50(21-13-17-25-78)95-62(108)37-83-58(104)33-87-74(120)54(29-45(7)8)99-66(112)41-90-69(115)49(20-12-16-24-77)94-61(107)36-82-56(102)31-85-72(118)52(27-43(3)4)97-64(110)39-88-67(113)47(18-10-14-22-75)92-59(105)34-80-46(9)100/h42-45,47-54H,10-41,75-78H2,1-9H3,(H2,79,101)(H,80,100)(H,81,103)(H,82,102)(H,83,104)(H,84,117)(H,85,118)(H,86,119)(H,87,120)(H,88,113)(H,89,114)(H,90,115)(H,91,116)(H,92,105)(H,93,106)(H,94,107)(H,95,108)(H,96,109)(H,97,110)(H,98,111)(H,99,112)/t47-,48-,49-,50-,51-,52-,53-,54-/m0/s1. The van der Waals surface area contributed by atoms with E-state index in [0.717, 1.165) is 0 Å². The van der Waals surface area contributed by atoms with Crippen LogP contribution in [0.15, 0.2) is 0 Å². The van der Waals surface area contributed by atoms with Crippen molar-refractivity contribution >= 4 is 124 Å². The normalized spacial score (nSPS) is 12.9. The summed E-state index contributed by atoms with van der Waals surface area (Å²) in [6, 6.07) is -9.47. The molecule has 21 amide bonds. The maximum absolute atomic E-state index is 13.5. The summed E-state index contributed by atoms with van der Waals surface area (Å²) < 4.78 is 0. The fourth-order valence-corrected chi connectivity index (χ4v) is 11.1. The van der Waals surface area contributed by atoms with Crippen LogP contribution in [-0.4, -0.2) is 277 Å². The van der Waals surface area contributed by atoms with Crippen LogP contribution in [0.5, 0.6) is 0 Å². The Morgan fingerprint density at radius 2 is 0.367 bits per heavy atom. The Labute approximate surface area is 698 Å². The molecule has 8 atom stereocenters. The Morgan fingerprint density at radius 3 is 0.542 bits per heavy atom. The van der Waals surface area contributed by atoms with E-state index in [9.17, 15) is 101 Å². The molecule has 46 heteroatoms. The van der Waals surface area contributed by atoms with Crippen LogP contribution >= 0.6 is 0 Å². The summed E-state index contributed by atoms with van der Waals surface area (Å²) in [6.07, 6.45) is 4.17. The molecule has 0 rings (SSSR count). The van der Waals surface area contributed by atoms with Crippen LogP contribution in [0.25, 0.3) is 0 Å². The van der Waals surface area contributed by atoms with Crippen molar-refractivity contribution in [1.29, 1.82) is 0 Å². The maximum atomic E-state index is 13.5. The van der Waals surface area contributed by atoms with Crippen LogP contribution in [0.2, 0.25) is 0 Å². The van der Waals surface area contributed by atoms with E-state index in [4.69, 9.17) is 28.7 Å². The second kappa shape index (κ2) is 62.8. The molecule has 0 unspecified atom stereocenters. The van der Waals surface area contributed by atoms with Crippen LogP contribution in [0.4, 0.5) is 0 Å². The van der Waals surface area contributed by atoms with Gasteiger partial charge in [-0.05, 0) is 153 Å². The molecule has 0 aromatic carbocycles. The van der Waals surface area contributed by atoms with Crippen LogP contribution in [0.3, 0.4) is 0 Å². The van der Waals surface area contributed by atoms with E-state index < -0.39 is 244 Å². The average Bonchev–Trinajstić information content (AvgIpc) is 0.904. The van der Waals surface area contributed by atoms with Gasteiger partial charge in [-0.3, -0.25) is 101 Å². The van der Waals surface area contributed by atoms with Crippen LogP contribution in [0.1, 0.15) is 165 Å². The molecule has 0 fully saturated rings. The van der Waals surface area contributed by atoms with E-state index in [1.807, 2.05) is 0 Å². The largest absolute Gasteiger partial charge is 0.368 e. The Hall–Kier alpha value is -11.3. The van der Waals surface area contributed by atoms with Crippen molar-refractivity contribution in [2.45, 2.75) is 213 Å². The first-order valence-electron chi connectivity index (χ1n) is 40.3. The highest BCUT2D eigenvalue weighted by Crippen LogP contribution is 2.11. The third kappa shape index (κ3) is 53.9. The van der Waals surface area contributed by atoms with Crippen molar-refractivity contribution in [2.24, 2.45) is 52.3 Å². The molecule has 46 nitrogen and oxygen atoms in total. The van der Waals surface area contributed by atoms with E-state index in [2.05, 4.69) is 106 Å². The molecule has 0 heterocycles. The van der Waals surface area contributed by atoms with Crippen molar-refractivity contribution in [3.63, 3.8) is 0 Å². The van der Waals surface area contributed by atoms with Gasteiger partial charge in [0, 0.05) is 6.92 Å². The molecule has 0 saturated carbocycles. The van der Waals surface area contributed by atoms with Gasteiger partial charge in [0.2, 0.25) is 124 Å². The number of hydrogen-bond acceptors (Lipinski definition) is 25. The fourth-order valence-electron chi connectivity index (χ4n) is 11.1. The molecule has 0 aromatic rings. The number of rotatable bonds is 64. The zero-order chi connectivity index (χ0) is 90.8. The van der Waals surface area contributed by atoms with Gasteiger partial charge in [-0.25, -0.2) is 0 Å². The lowest BCUT2D eigenvalue weighted by Crippen LogP contribution is -2.55. The molecular formula is C74H133N25O21. The van der Waals surface area contributed by atoms with Gasteiger partial charge in [0.25, 0.3) is 0 Å². The van der Waals surface area contributed by atoms with E-state index in [1.165, 1.54) is 6.92 Å². The quantitative estimate of drug-likeness (QED) is 0.0251. The molecule has 120 heavy (non-hydrogen) atoms. The van der Waals surface area contributed by atoms with E-state index in [-0.39, 0.29) is 101 Å². The summed E-state index contributed by atoms with van der Waals surface area (Å²) in [6.45, 7) is 9.00. The predicted octanol–water partition coefficient (Wildman–Crippen LogP) is -10.5. The highest BCUT2D eigenvalue weighted by molar-refractivity contribution is 5.99. The second-order valence-corrected chi connectivity index (χ2v) is 30.1. The molecule has 680 valence electrons. The molecule has 30 N–H and O–H groups in total. The number of nitrogens with two attached hydrogens (primary N) is 5. The van der Waals surface area contributed by atoms with Gasteiger partial charge >= 0.3 is 0 Å². The summed E-state index contributed by atoms with van der Waals surface area (Å²) in [5.74, 6) is -16.9. The smallest absolute Gasteiger partial charge is 0.243 e. The lowest BCUT2D eigenvalue weighted by molar-refractivity contribution is -0.133. The van der Waals surface area contributed by atoms with Crippen molar-refractivity contribution in [3.8, 4) is 0 Å². The Kier molecular flexibility index (Phi) is 56.9. The summed E-state index contributed by atoms with van der Waals surface area (Å²) in [7, 11) is 0.